The van der Waals surface area contributed by atoms with Gasteiger partial charge in [-0.1, -0.05) is 22.9 Å². The van der Waals surface area contributed by atoms with E-state index in [0.29, 0.717) is 23.8 Å². The lowest BCUT2D eigenvalue weighted by Gasteiger charge is -2.01. The summed E-state index contributed by atoms with van der Waals surface area (Å²) in [5, 5.41) is 21.3. The number of nitrogens with two attached hydrogens (primary N) is 1. The number of halogens is 3. The molecule has 0 atom stereocenters. The first-order valence-electron chi connectivity index (χ1n) is 5.58. The van der Waals surface area contributed by atoms with Gasteiger partial charge in [-0.05, 0) is 18.2 Å². The van der Waals surface area contributed by atoms with Crippen LogP contribution < -0.4 is 11.3 Å². The molecule has 10 heteroatoms. The lowest BCUT2D eigenvalue weighted by Crippen LogP contribution is -2.14. The number of rotatable bonds is 4. The number of hydrogen-bond donors (Lipinski definition) is 3. The van der Waals surface area contributed by atoms with Gasteiger partial charge in [0.25, 0.3) is 5.95 Å². The molecule has 1 aromatic carbocycles. The normalized spacial score (nSPS) is 10.0. The van der Waals surface area contributed by atoms with Gasteiger partial charge < -0.3 is 10.9 Å². The zero-order valence-corrected chi connectivity index (χ0v) is 14.2. The molecule has 0 aliphatic rings. The quantitative estimate of drug-likeness (QED) is 0.417. The third kappa shape index (κ3) is 4.76. The van der Waals surface area contributed by atoms with Crippen molar-refractivity contribution in [1.82, 2.24) is 14.9 Å². The summed E-state index contributed by atoms with van der Waals surface area (Å²) in [6, 6.07) is 5.06. The molecule has 0 unspecified atom stereocenters. The van der Waals surface area contributed by atoms with Crippen LogP contribution in [0.15, 0.2) is 27.8 Å². The summed E-state index contributed by atoms with van der Waals surface area (Å²) in [6.45, 7) is 1.93. The van der Waals surface area contributed by atoms with E-state index >= 15 is 0 Å². The molecular formula is C11H15BrCl2N6O. The van der Waals surface area contributed by atoms with Gasteiger partial charge >= 0.3 is 0 Å². The first kappa shape index (κ1) is 19.5. The van der Waals surface area contributed by atoms with Gasteiger partial charge in [0.05, 0.1) is 6.21 Å². The fourth-order valence-corrected chi connectivity index (χ4v) is 1.81. The highest BCUT2D eigenvalue weighted by Gasteiger charge is 2.06. The maximum absolute atomic E-state index is 9.63. The lowest BCUT2D eigenvalue weighted by molar-refractivity contribution is 0.474. The maximum Gasteiger partial charge on any atom is 0.263 e. The molecular weight excluding hydrogens is 383 g/mol. The Kier molecular flexibility index (Phi) is 8.08. The Balaban J connectivity index is 0.00000200. The molecule has 21 heavy (non-hydrogen) atoms. The van der Waals surface area contributed by atoms with Gasteiger partial charge in [0.1, 0.15) is 5.75 Å². The monoisotopic (exact) mass is 396 g/mol. The summed E-state index contributed by atoms with van der Waals surface area (Å²) in [7, 11) is 0. The molecule has 1 heterocycles. The molecule has 0 saturated carbocycles. The van der Waals surface area contributed by atoms with Gasteiger partial charge in [-0.15, -0.1) is 35.0 Å². The number of anilines is 1. The Labute approximate surface area is 142 Å². The molecule has 0 amide bonds. The largest absolute Gasteiger partial charge is 0.507 e. The van der Waals surface area contributed by atoms with E-state index in [1.54, 1.807) is 18.2 Å². The molecule has 0 spiro atoms. The fraction of sp³-hybridized carbons (Fsp3) is 0.182. The van der Waals surface area contributed by atoms with Crippen molar-refractivity contribution in [2.75, 3.05) is 11.3 Å². The van der Waals surface area contributed by atoms with Crippen LogP contribution in [0.1, 0.15) is 18.3 Å². The molecule has 0 fully saturated rings. The van der Waals surface area contributed by atoms with Crippen molar-refractivity contribution in [2.24, 2.45) is 5.10 Å². The highest BCUT2D eigenvalue weighted by molar-refractivity contribution is 9.10. The first-order chi connectivity index (χ1) is 9.11. The van der Waals surface area contributed by atoms with Crippen molar-refractivity contribution in [3.8, 4) is 5.75 Å². The number of nitrogens with one attached hydrogen (secondary N) is 1. The summed E-state index contributed by atoms with van der Waals surface area (Å²) < 4.78 is 2.18. The standard InChI is InChI=1S/C11H13BrN6O.2ClH/c1-2-10-15-17-11(18(10)13)16-14-6-7-5-8(12)3-4-9(7)19;;/h3-6,19H,2,13H2,1H3,(H,16,17);2*1H/b14-6-;;. The minimum atomic E-state index is 0. The highest BCUT2D eigenvalue weighted by atomic mass is 79.9. The Bertz CT molecular complexity index is 619. The van der Waals surface area contributed by atoms with Crippen molar-refractivity contribution >= 4 is 52.9 Å². The molecule has 4 N–H and O–H groups in total. The summed E-state index contributed by atoms with van der Waals surface area (Å²) in [6.07, 6.45) is 2.15. The van der Waals surface area contributed by atoms with E-state index in [1.165, 1.54) is 10.9 Å². The lowest BCUT2D eigenvalue weighted by atomic mass is 10.2. The van der Waals surface area contributed by atoms with Gasteiger partial charge in [0.15, 0.2) is 5.82 Å². The van der Waals surface area contributed by atoms with Crippen LogP contribution in [0.2, 0.25) is 0 Å². The summed E-state index contributed by atoms with van der Waals surface area (Å²) in [5.41, 5.74) is 3.24. The number of nitrogens with zero attached hydrogens (tertiary/aromatic N) is 4. The molecule has 0 bridgehead atoms. The molecule has 7 nitrogen and oxygen atoms in total. The molecule has 0 saturated heterocycles. The average Bonchev–Trinajstić information content (AvgIpc) is 2.75. The van der Waals surface area contributed by atoms with E-state index in [-0.39, 0.29) is 30.6 Å². The molecule has 1 aromatic heterocycles. The predicted molar refractivity (Wildman–Crippen MR) is 91.1 cm³/mol. The fourth-order valence-electron chi connectivity index (χ4n) is 1.43. The van der Waals surface area contributed by atoms with E-state index in [2.05, 4.69) is 36.7 Å². The Morgan fingerprint density at radius 2 is 2.14 bits per heavy atom. The van der Waals surface area contributed by atoms with Crippen LogP contribution in [-0.2, 0) is 6.42 Å². The van der Waals surface area contributed by atoms with Crippen LogP contribution in [0, 0.1) is 0 Å². The second-order valence-corrected chi connectivity index (χ2v) is 4.65. The molecule has 0 aliphatic heterocycles. The van der Waals surface area contributed by atoms with Crippen molar-refractivity contribution in [1.29, 1.82) is 0 Å². The van der Waals surface area contributed by atoms with Crippen LogP contribution in [0.25, 0.3) is 0 Å². The van der Waals surface area contributed by atoms with E-state index in [1.807, 2.05) is 6.92 Å². The van der Waals surface area contributed by atoms with Gasteiger partial charge in [0.2, 0.25) is 0 Å². The van der Waals surface area contributed by atoms with Gasteiger partial charge in [-0.3, -0.25) is 0 Å². The number of nitrogen functional groups attached to an aromatic ring is 1. The average molecular weight is 398 g/mol. The third-order valence-electron chi connectivity index (χ3n) is 2.44. The van der Waals surface area contributed by atoms with Crippen molar-refractivity contribution in [3.63, 3.8) is 0 Å². The van der Waals surface area contributed by atoms with E-state index in [0.717, 1.165) is 4.47 Å². The SMILES string of the molecule is CCc1nnc(N/N=C\c2cc(Br)ccc2O)n1N.Cl.Cl. The zero-order valence-electron chi connectivity index (χ0n) is 11.0. The smallest absolute Gasteiger partial charge is 0.263 e. The first-order valence-corrected chi connectivity index (χ1v) is 6.38. The Morgan fingerprint density at radius 1 is 1.43 bits per heavy atom. The molecule has 2 aromatic rings. The maximum atomic E-state index is 9.63. The number of hydrogen-bond acceptors (Lipinski definition) is 6. The Morgan fingerprint density at radius 3 is 2.76 bits per heavy atom. The highest BCUT2D eigenvalue weighted by Crippen LogP contribution is 2.20. The van der Waals surface area contributed by atoms with E-state index in [4.69, 9.17) is 5.84 Å². The van der Waals surface area contributed by atoms with Gasteiger partial charge in [0, 0.05) is 16.5 Å². The summed E-state index contributed by atoms with van der Waals surface area (Å²) >= 11 is 3.32. The number of aromatic nitrogens is 3. The van der Waals surface area contributed by atoms with Crippen molar-refractivity contribution < 1.29 is 5.11 Å². The Hall–Kier alpha value is -1.51. The minimum Gasteiger partial charge on any atom is -0.507 e. The second kappa shape index (κ2) is 8.71. The van der Waals surface area contributed by atoms with Crippen LogP contribution in [0.4, 0.5) is 5.95 Å². The summed E-state index contributed by atoms with van der Waals surface area (Å²) in [5.74, 6) is 6.87. The molecule has 2 rings (SSSR count). The van der Waals surface area contributed by atoms with E-state index < -0.39 is 0 Å². The van der Waals surface area contributed by atoms with E-state index in [9.17, 15) is 5.11 Å². The molecule has 0 aliphatic carbocycles. The van der Waals surface area contributed by atoms with Gasteiger partial charge in [-0.2, -0.15) is 5.10 Å². The second-order valence-electron chi connectivity index (χ2n) is 3.74. The molecule has 116 valence electrons. The third-order valence-corrected chi connectivity index (χ3v) is 2.93. The van der Waals surface area contributed by atoms with Crippen LogP contribution in [0.5, 0.6) is 5.75 Å². The number of aryl methyl sites for hydroxylation is 1. The number of hydrazone groups is 1. The molecule has 0 radical (unpaired) electrons. The van der Waals surface area contributed by atoms with Crippen LogP contribution in [-0.4, -0.2) is 26.2 Å². The summed E-state index contributed by atoms with van der Waals surface area (Å²) in [4.78, 5) is 0. The minimum absolute atomic E-state index is 0. The number of phenols is 1. The zero-order chi connectivity index (χ0) is 13.8. The number of aromatic hydroxyl groups is 1. The predicted octanol–water partition coefficient (Wildman–Crippen LogP) is 2.31. The van der Waals surface area contributed by atoms with Gasteiger partial charge in [-0.25, -0.2) is 10.1 Å². The number of benzene rings is 1. The number of phenolic OH excluding ortho intramolecular Hbond substituents is 1. The van der Waals surface area contributed by atoms with Crippen molar-refractivity contribution in [3.05, 3.63) is 34.1 Å². The van der Waals surface area contributed by atoms with Crippen molar-refractivity contribution in [2.45, 2.75) is 13.3 Å². The topological polar surface area (TPSA) is 101 Å². The van der Waals surface area contributed by atoms with Crippen LogP contribution >= 0.6 is 40.7 Å². The van der Waals surface area contributed by atoms with Crippen LogP contribution in [0.3, 0.4) is 0 Å².